The van der Waals surface area contributed by atoms with Gasteiger partial charge in [0.25, 0.3) is 11.6 Å². The number of nitrogens with zero attached hydrogens (tertiary/aromatic N) is 3. The van der Waals surface area contributed by atoms with E-state index in [2.05, 4.69) is 10.4 Å². The van der Waals surface area contributed by atoms with E-state index in [0.717, 1.165) is 6.07 Å². The molecule has 0 atom stereocenters. The van der Waals surface area contributed by atoms with Crippen LogP contribution in [0.1, 0.15) is 10.5 Å². The van der Waals surface area contributed by atoms with Crippen molar-refractivity contribution in [1.82, 2.24) is 9.78 Å². The Morgan fingerprint density at radius 1 is 1.47 bits per heavy atom. The Hall–Kier alpha value is -2.90. The van der Waals surface area contributed by atoms with Gasteiger partial charge in [-0.05, 0) is 12.1 Å². The van der Waals surface area contributed by atoms with Gasteiger partial charge in [-0.2, -0.15) is 5.10 Å². The number of phenols is 1. The molecule has 1 aromatic heterocycles. The lowest BCUT2D eigenvalue weighted by atomic mass is 10.2. The van der Waals surface area contributed by atoms with Crippen molar-refractivity contribution >= 4 is 17.3 Å². The SMILES string of the molecule is Cn1ccc(C(=O)Nc2ccc([N+](=O)[O-])cc2O)n1. The van der Waals surface area contributed by atoms with E-state index in [1.165, 1.54) is 22.9 Å². The van der Waals surface area contributed by atoms with E-state index in [0.29, 0.717) is 0 Å². The molecule has 0 spiro atoms. The summed E-state index contributed by atoms with van der Waals surface area (Å²) in [5.74, 6) is -0.886. The molecule has 2 N–H and O–H groups in total. The van der Waals surface area contributed by atoms with E-state index < -0.39 is 10.8 Å². The number of carbonyl (C=O) groups is 1. The highest BCUT2D eigenvalue weighted by Gasteiger charge is 2.14. The zero-order chi connectivity index (χ0) is 14.0. The van der Waals surface area contributed by atoms with Gasteiger partial charge in [-0.25, -0.2) is 0 Å². The molecule has 98 valence electrons. The van der Waals surface area contributed by atoms with Crippen molar-refractivity contribution in [3.8, 4) is 5.75 Å². The molecule has 0 bridgehead atoms. The maximum atomic E-state index is 11.8. The van der Waals surface area contributed by atoms with E-state index in [1.54, 1.807) is 13.2 Å². The van der Waals surface area contributed by atoms with Crippen molar-refractivity contribution in [2.24, 2.45) is 7.05 Å². The monoisotopic (exact) mass is 262 g/mol. The van der Waals surface area contributed by atoms with Crippen molar-refractivity contribution in [3.63, 3.8) is 0 Å². The molecule has 1 aromatic carbocycles. The smallest absolute Gasteiger partial charge is 0.276 e. The average Bonchev–Trinajstić information content (AvgIpc) is 2.78. The third kappa shape index (κ3) is 2.68. The molecule has 1 amide bonds. The van der Waals surface area contributed by atoms with Crippen LogP contribution < -0.4 is 5.32 Å². The standard InChI is InChI=1S/C11H10N4O4/c1-14-5-4-9(13-14)11(17)12-8-3-2-7(15(18)19)6-10(8)16/h2-6,16H,1H3,(H,12,17). The minimum absolute atomic E-state index is 0.0845. The molecule has 19 heavy (non-hydrogen) atoms. The fraction of sp³-hybridized carbons (Fsp3) is 0.0909. The van der Waals surface area contributed by atoms with Crippen LogP contribution in [-0.4, -0.2) is 25.7 Å². The molecular formula is C11H10N4O4. The number of nitro benzene ring substituents is 1. The van der Waals surface area contributed by atoms with Crippen LogP contribution in [0.5, 0.6) is 5.75 Å². The van der Waals surface area contributed by atoms with Crippen molar-refractivity contribution in [3.05, 3.63) is 46.3 Å². The van der Waals surface area contributed by atoms with Gasteiger partial charge in [0.15, 0.2) is 5.69 Å². The number of aromatic hydroxyl groups is 1. The molecule has 2 rings (SSSR count). The van der Waals surface area contributed by atoms with E-state index in [1.807, 2.05) is 0 Å². The largest absolute Gasteiger partial charge is 0.506 e. The molecule has 1 heterocycles. The lowest BCUT2D eigenvalue weighted by Gasteiger charge is -2.05. The lowest BCUT2D eigenvalue weighted by molar-refractivity contribution is -0.384. The number of benzene rings is 1. The normalized spacial score (nSPS) is 10.2. The predicted molar refractivity (Wildman–Crippen MR) is 65.9 cm³/mol. The van der Waals surface area contributed by atoms with Gasteiger partial charge in [0, 0.05) is 19.3 Å². The maximum Gasteiger partial charge on any atom is 0.276 e. The maximum absolute atomic E-state index is 11.8. The van der Waals surface area contributed by atoms with Gasteiger partial charge in [0.2, 0.25) is 0 Å². The van der Waals surface area contributed by atoms with Crippen molar-refractivity contribution in [2.45, 2.75) is 0 Å². The summed E-state index contributed by atoms with van der Waals surface area (Å²) in [6.07, 6.45) is 1.60. The Bertz CT molecular complexity index is 650. The predicted octanol–water partition coefficient (Wildman–Crippen LogP) is 1.29. The first-order chi connectivity index (χ1) is 8.97. The molecule has 8 heteroatoms. The van der Waals surface area contributed by atoms with Gasteiger partial charge in [-0.15, -0.1) is 0 Å². The molecule has 2 aromatic rings. The summed E-state index contributed by atoms with van der Waals surface area (Å²) in [5.41, 5.74) is 0.00911. The molecular weight excluding hydrogens is 252 g/mol. The van der Waals surface area contributed by atoms with Crippen LogP contribution in [0.3, 0.4) is 0 Å². The Kier molecular flexibility index (Phi) is 3.15. The Morgan fingerprint density at radius 3 is 2.74 bits per heavy atom. The van der Waals surface area contributed by atoms with Gasteiger partial charge < -0.3 is 10.4 Å². The number of hydrogen-bond donors (Lipinski definition) is 2. The van der Waals surface area contributed by atoms with Gasteiger partial charge in [-0.1, -0.05) is 0 Å². The van der Waals surface area contributed by atoms with E-state index in [-0.39, 0.29) is 22.8 Å². The number of nitrogens with one attached hydrogen (secondary N) is 1. The van der Waals surface area contributed by atoms with Crippen LogP contribution in [0, 0.1) is 10.1 Å². The van der Waals surface area contributed by atoms with E-state index in [9.17, 15) is 20.0 Å². The van der Waals surface area contributed by atoms with Crippen molar-refractivity contribution in [2.75, 3.05) is 5.32 Å². The van der Waals surface area contributed by atoms with Crippen LogP contribution in [0.4, 0.5) is 11.4 Å². The summed E-state index contributed by atoms with van der Waals surface area (Å²) >= 11 is 0. The molecule has 0 saturated heterocycles. The summed E-state index contributed by atoms with van der Waals surface area (Å²) in [4.78, 5) is 21.6. The fourth-order valence-electron chi connectivity index (χ4n) is 1.46. The Labute approximate surface area is 107 Å². The number of amides is 1. The van der Waals surface area contributed by atoms with Crippen LogP contribution in [0.25, 0.3) is 0 Å². The number of rotatable bonds is 3. The van der Waals surface area contributed by atoms with Crippen LogP contribution in [0.2, 0.25) is 0 Å². The minimum Gasteiger partial charge on any atom is -0.506 e. The van der Waals surface area contributed by atoms with Crippen molar-refractivity contribution in [1.29, 1.82) is 0 Å². The summed E-state index contributed by atoms with van der Waals surface area (Å²) in [7, 11) is 1.67. The van der Waals surface area contributed by atoms with Gasteiger partial charge >= 0.3 is 0 Å². The summed E-state index contributed by atoms with van der Waals surface area (Å²) in [6, 6.07) is 4.92. The highest BCUT2D eigenvalue weighted by molar-refractivity contribution is 6.03. The third-order valence-corrected chi connectivity index (χ3v) is 2.39. The van der Waals surface area contributed by atoms with Crippen molar-refractivity contribution < 1.29 is 14.8 Å². The zero-order valence-electron chi connectivity index (χ0n) is 9.90. The summed E-state index contributed by atoms with van der Waals surface area (Å²) in [6.45, 7) is 0. The van der Waals surface area contributed by atoms with Crippen LogP contribution in [0.15, 0.2) is 30.5 Å². The molecule has 0 aliphatic rings. The third-order valence-electron chi connectivity index (χ3n) is 2.39. The quantitative estimate of drug-likeness (QED) is 0.492. The number of hydrogen-bond acceptors (Lipinski definition) is 5. The molecule has 0 unspecified atom stereocenters. The summed E-state index contributed by atoms with van der Waals surface area (Å²) < 4.78 is 1.46. The van der Waals surface area contributed by atoms with E-state index in [4.69, 9.17) is 0 Å². The van der Waals surface area contributed by atoms with Gasteiger partial charge in [0.1, 0.15) is 5.75 Å². The van der Waals surface area contributed by atoms with Gasteiger partial charge in [0.05, 0.1) is 16.7 Å². The zero-order valence-corrected chi connectivity index (χ0v) is 9.90. The van der Waals surface area contributed by atoms with Gasteiger partial charge in [-0.3, -0.25) is 19.6 Å². The minimum atomic E-state index is -0.635. The lowest BCUT2D eigenvalue weighted by Crippen LogP contribution is -2.13. The molecule has 0 fully saturated rings. The van der Waals surface area contributed by atoms with Crippen LogP contribution in [-0.2, 0) is 7.05 Å². The first kappa shape index (κ1) is 12.6. The number of aromatic nitrogens is 2. The number of non-ortho nitro benzene ring substituents is 1. The topological polar surface area (TPSA) is 110 Å². The second kappa shape index (κ2) is 4.77. The summed E-state index contributed by atoms with van der Waals surface area (Å²) in [5, 5.41) is 26.4. The fourth-order valence-corrected chi connectivity index (χ4v) is 1.46. The number of phenolic OH excluding ortho intramolecular Hbond substituents is 1. The Morgan fingerprint density at radius 2 is 2.21 bits per heavy atom. The number of carbonyl (C=O) groups excluding carboxylic acids is 1. The molecule has 0 aliphatic carbocycles. The second-order valence-corrected chi connectivity index (χ2v) is 3.79. The molecule has 0 radical (unpaired) electrons. The number of nitro groups is 1. The first-order valence-electron chi connectivity index (χ1n) is 5.26. The number of aryl methyl sites for hydroxylation is 1. The molecule has 0 aliphatic heterocycles. The van der Waals surface area contributed by atoms with Crippen LogP contribution >= 0.6 is 0 Å². The first-order valence-corrected chi connectivity index (χ1v) is 5.26. The Balaban J connectivity index is 2.20. The molecule has 0 saturated carbocycles. The highest BCUT2D eigenvalue weighted by atomic mass is 16.6. The number of anilines is 1. The van der Waals surface area contributed by atoms with E-state index >= 15 is 0 Å². The average molecular weight is 262 g/mol. The highest BCUT2D eigenvalue weighted by Crippen LogP contribution is 2.28. The molecule has 8 nitrogen and oxygen atoms in total. The second-order valence-electron chi connectivity index (χ2n) is 3.79.